The third-order valence-electron chi connectivity index (χ3n) is 8.68. The maximum Gasteiger partial charge on any atom is 0.193 e. The Kier molecular flexibility index (Phi) is 9.36. The minimum Gasteiger partial charge on any atom is -0.293 e. The molecule has 4 rings (SSSR count). The Bertz CT molecular complexity index is 1290. The van der Waals surface area contributed by atoms with Crippen LogP contribution < -0.4 is 0 Å². The third kappa shape index (κ3) is 5.55. The van der Waals surface area contributed by atoms with Gasteiger partial charge in [0.15, 0.2) is 5.78 Å². The highest BCUT2D eigenvalue weighted by Crippen LogP contribution is 2.54. The van der Waals surface area contributed by atoms with Crippen LogP contribution in [0.1, 0.15) is 123 Å². The lowest BCUT2D eigenvalue weighted by Crippen LogP contribution is -2.26. The van der Waals surface area contributed by atoms with Crippen LogP contribution in [0.4, 0.5) is 0 Å². The summed E-state index contributed by atoms with van der Waals surface area (Å²) in [6.07, 6.45) is 12.2. The van der Waals surface area contributed by atoms with Crippen molar-refractivity contribution in [3.05, 3.63) is 94.0 Å². The highest BCUT2D eigenvalue weighted by molar-refractivity contribution is 6.10. The molecule has 2 nitrogen and oxygen atoms in total. The van der Waals surface area contributed by atoms with E-state index in [9.17, 15) is 4.79 Å². The number of fused-ring (bicyclic) bond motifs is 3. The van der Waals surface area contributed by atoms with Crippen LogP contribution in [0, 0.1) is 6.92 Å². The van der Waals surface area contributed by atoms with Gasteiger partial charge in [-0.25, -0.2) is 0 Å². The van der Waals surface area contributed by atoms with E-state index in [0.29, 0.717) is 0 Å². The van der Waals surface area contributed by atoms with Crippen LogP contribution in [0.3, 0.4) is 0 Å². The molecule has 0 saturated heterocycles. The van der Waals surface area contributed by atoms with Crippen LogP contribution >= 0.6 is 0 Å². The van der Waals surface area contributed by atoms with E-state index in [1.807, 2.05) is 44.3 Å². The first-order valence-corrected chi connectivity index (χ1v) is 14.8. The molecule has 1 aliphatic carbocycles. The molecule has 1 aliphatic rings. The standard InChI is InChI=1S/C36H45NO/c1-6-8-10-14-22-36(23-15-11-9-7-2)33-24-28(27(4)37-5)18-20-31(33)32-21-19-29(25-34(32)36)35(38)30-17-13-12-16-26(30)3/h12-13,16-21,24-25H,6-11,14-15,22-23H2,1-5H3/b37-27-. The van der Waals surface area contributed by atoms with Crippen molar-refractivity contribution < 1.29 is 4.79 Å². The maximum atomic E-state index is 13.7. The zero-order valence-corrected chi connectivity index (χ0v) is 24.2. The first-order chi connectivity index (χ1) is 18.5. The number of unbranched alkanes of at least 4 members (excludes halogenated alkanes) is 6. The molecule has 0 spiro atoms. The fourth-order valence-electron chi connectivity index (χ4n) is 6.34. The van der Waals surface area contributed by atoms with Crippen molar-refractivity contribution in [2.45, 2.75) is 97.3 Å². The number of nitrogens with zero attached hydrogens (tertiary/aromatic N) is 1. The number of carbonyl (C=O) groups excluding carboxylic acids is 1. The second-order valence-corrected chi connectivity index (χ2v) is 11.2. The molecule has 38 heavy (non-hydrogen) atoms. The molecule has 0 unspecified atom stereocenters. The van der Waals surface area contributed by atoms with Gasteiger partial charge < -0.3 is 0 Å². The van der Waals surface area contributed by atoms with E-state index in [2.05, 4.69) is 56.1 Å². The van der Waals surface area contributed by atoms with E-state index in [1.165, 1.54) is 79.2 Å². The molecular weight excluding hydrogens is 462 g/mol. The molecule has 0 atom stereocenters. The normalized spacial score (nSPS) is 13.9. The van der Waals surface area contributed by atoms with E-state index in [-0.39, 0.29) is 11.2 Å². The van der Waals surface area contributed by atoms with Crippen LogP contribution in [0.2, 0.25) is 0 Å². The molecule has 0 aromatic heterocycles. The van der Waals surface area contributed by atoms with Gasteiger partial charge in [0.25, 0.3) is 0 Å². The van der Waals surface area contributed by atoms with Gasteiger partial charge in [0.1, 0.15) is 0 Å². The van der Waals surface area contributed by atoms with E-state index in [1.54, 1.807) is 0 Å². The van der Waals surface area contributed by atoms with Crippen LogP contribution in [-0.2, 0) is 5.41 Å². The molecule has 0 heterocycles. The Morgan fingerprint density at radius 1 is 0.737 bits per heavy atom. The van der Waals surface area contributed by atoms with E-state index in [4.69, 9.17) is 0 Å². The number of hydrogen-bond acceptors (Lipinski definition) is 2. The molecule has 0 bridgehead atoms. The van der Waals surface area contributed by atoms with E-state index < -0.39 is 0 Å². The Balaban J connectivity index is 1.86. The van der Waals surface area contributed by atoms with Crippen LogP contribution in [-0.4, -0.2) is 18.5 Å². The average Bonchev–Trinajstić information content (AvgIpc) is 3.21. The fourth-order valence-corrected chi connectivity index (χ4v) is 6.34. The average molecular weight is 508 g/mol. The van der Waals surface area contributed by atoms with Crippen molar-refractivity contribution in [1.29, 1.82) is 0 Å². The van der Waals surface area contributed by atoms with Gasteiger partial charge in [-0.15, -0.1) is 0 Å². The summed E-state index contributed by atoms with van der Waals surface area (Å²) in [5.74, 6) is 0.127. The fraction of sp³-hybridized carbons (Fsp3) is 0.444. The van der Waals surface area contributed by atoms with Crippen molar-refractivity contribution in [2.24, 2.45) is 4.99 Å². The maximum absolute atomic E-state index is 13.7. The predicted molar refractivity (Wildman–Crippen MR) is 163 cm³/mol. The highest BCUT2D eigenvalue weighted by atomic mass is 16.1. The SMILES string of the molecule is CCCCCCC1(CCCCCC)c2cc(C(=O)c3ccccc3C)ccc2-c2ccc(/C(C)=N\C)cc21. The third-order valence-corrected chi connectivity index (χ3v) is 8.68. The molecule has 2 heteroatoms. The summed E-state index contributed by atoms with van der Waals surface area (Å²) in [6.45, 7) is 8.70. The quantitative estimate of drug-likeness (QED) is 0.129. The number of hydrogen-bond donors (Lipinski definition) is 0. The summed E-state index contributed by atoms with van der Waals surface area (Å²) < 4.78 is 0. The topological polar surface area (TPSA) is 29.4 Å². The zero-order chi connectivity index (χ0) is 27.1. The van der Waals surface area contributed by atoms with Gasteiger partial charge in [-0.05, 0) is 72.2 Å². The largest absolute Gasteiger partial charge is 0.293 e. The summed E-state index contributed by atoms with van der Waals surface area (Å²) >= 11 is 0. The van der Waals surface area contributed by atoms with Gasteiger partial charge in [0.2, 0.25) is 0 Å². The number of carbonyl (C=O) groups is 1. The summed E-state index contributed by atoms with van der Waals surface area (Å²) in [4.78, 5) is 18.2. The summed E-state index contributed by atoms with van der Waals surface area (Å²) in [5, 5.41) is 0. The summed E-state index contributed by atoms with van der Waals surface area (Å²) in [6, 6.07) is 21.4. The van der Waals surface area contributed by atoms with Crippen molar-refractivity contribution in [3.63, 3.8) is 0 Å². The molecule has 0 fully saturated rings. The van der Waals surface area contributed by atoms with Crippen molar-refractivity contribution in [2.75, 3.05) is 7.05 Å². The lowest BCUT2D eigenvalue weighted by molar-refractivity contribution is 0.103. The van der Waals surface area contributed by atoms with Gasteiger partial charge in [-0.3, -0.25) is 9.79 Å². The molecule has 0 radical (unpaired) electrons. The Morgan fingerprint density at radius 2 is 1.29 bits per heavy atom. The molecule has 3 aromatic rings. The minimum atomic E-state index is -0.0573. The molecule has 0 saturated carbocycles. The van der Waals surface area contributed by atoms with E-state index >= 15 is 0 Å². The van der Waals surface area contributed by atoms with Gasteiger partial charge in [0, 0.05) is 29.3 Å². The lowest BCUT2D eigenvalue weighted by Gasteiger charge is -2.33. The van der Waals surface area contributed by atoms with E-state index in [0.717, 1.165) is 35.2 Å². The number of aliphatic imine (C=N–C) groups is 1. The monoisotopic (exact) mass is 507 g/mol. The minimum absolute atomic E-state index is 0.0573. The molecule has 3 aromatic carbocycles. The van der Waals surface area contributed by atoms with Crippen LogP contribution in [0.25, 0.3) is 11.1 Å². The molecule has 0 aliphatic heterocycles. The summed E-state index contributed by atoms with van der Waals surface area (Å²) in [7, 11) is 1.88. The number of benzene rings is 3. The first kappa shape index (κ1) is 28.0. The smallest absolute Gasteiger partial charge is 0.193 e. The Hall–Kier alpha value is -3.00. The molecular formula is C36H45NO. The van der Waals surface area contributed by atoms with Gasteiger partial charge in [0.05, 0.1) is 0 Å². The molecule has 0 amide bonds. The van der Waals surface area contributed by atoms with Crippen LogP contribution in [0.5, 0.6) is 0 Å². The van der Waals surface area contributed by atoms with Crippen molar-refractivity contribution >= 4 is 11.5 Å². The van der Waals surface area contributed by atoms with Gasteiger partial charge in [-0.1, -0.05) is 114 Å². The zero-order valence-electron chi connectivity index (χ0n) is 24.2. The second kappa shape index (κ2) is 12.7. The number of ketones is 1. The highest BCUT2D eigenvalue weighted by Gasteiger charge is 2.42. The molecule has 200 valence electrons. The van der Waals surface area contributed by atoms with Crippen LogP contribution in [0.15, 0.2) is 65.7 Å². The Labute approximate surface area is 230 Å². The first-order valence-electron chi connectivity index (χ1n) is 14.8. The van der Waals surface area contributed by atoms with Gasteiger partial charge in [-0.2, -0.15) is 0 Å². The summed E-state index contributed by atoms with van der Waals surface area (Å²) in [5.41, 5.74) is 10.3. The van der Waals surface area contributed by atoms with Gasteiger partial charge >= 0.3 is 0 Å². The lowest BCUT2D eigenvalue weighted by atomic mass is 9.70. The number of aryl methyl sites for hydroxylation is 1. The predicted octanol–water partition coefficient (Wildman–Crippen LogP) is 9.87. The van der Waals surface area contributed by atoms with Crippen molar-refractivity contribution in [3.8, 4) is 11.1 Å². The Morgan fingerprint density at radius 3 is 1.84 bits per heavy atom. The second-order valence-electron chi connectivity index (χ2n) is 11.2. The van der Waals surface area contributed by atoms with Crippen molar-refractivity contribution in [1.82, 2.24) is 0 Å². The number of rotatable bonds is 13. The molecule has 0 N–H and O–H groups in total.